The Bertz CT molecular complexity index is 1100. The third-order valence-corrected chi connectivity index (χ3v) is 5.76. The number of nitrogens with zero attached hydrogens (tertiary/aromatic N) is 1. The van der Waals surface area contributed by atoms with Crippen molar-refractivity contribution < 1.29 is 19.1 Å². The second-order valence-electron chi connectivity index (χ2n) is 6.98. The molecule has 0 fully saturated rings. The summed E-state index contributed by atoms with van der Waals surface area (Å²) in [5.41, 5.74) is -0.553. The number of benzene rings is 2. The molecular formula is C22H17Cl2NO4. The first-order valence-electron chi connectivity index (χ1n) is 8.97. The van der Waals surface area contributed by atoms with Crippen LogP contribution in [0.2, 0.25) is 10.0 Å². The second-order valence-corrected chi connectivity index (χ2v) is 7.79. The van der Waals surface area contributed by atoms with Crippen molar-refractivity contribution >= 4 is 40.6 Å². The van der Waals surface area contributed by atoms with Crippen molar-refractivity contribution in [3.8, 4) is 0 Å². The molecule has 2 heterocycles. The molecule has 1 N–H and O–H groups in total. The van der Waals surface area contributed by atoms with Crippen LogP contribution in [-0.2, 0) is 16.9 Å². The third-order valence-electron chi connectivity index (χ3n) is 5.05. The molecule has 2 aromatic carbocycles. The van der Waals surface area contributed by atoms with Crippen molar-refractivity contribution in [2.24, 2.45) is 0 Å². The van der Waals surface area contributed by atoms with E-state index in [4.69, 9.17) is 27.6 Å². The number of carbonyl (C=O) groups is 2. The Hall–Kier alpha value is -2.60. The number of carbonyl (C=O) groups excluding carboxylic acids is 2. The van der Waals surface area contributed by atoms with Crippen LogP contribution in [0.3, 0.4) is 0 Å². The molecular weight excluding hydrogens is 413 g/mol. The minimum Gasteiger partial charge on any atom is -0.458 e. The fourth-order valence-corrected chi connectivity index (χ4v) is 4.10. The van der Waals surface area contributed by atoms with Crippen molar-refractivity contribution in [3.05, 3.63) is 87.3 Å². The number of furan rings is 1. The summed E-state index contributed by atoms with van der Waals surface area (Å²) in [6, 6.07) is 15.1. The molecule has 1 atom stereocenters. The number of fused-ring (bicyclic) bond motifs is 1. The molecule has 0 unspecified atom stereocenters. The predicted molar refractivity (Wildman–Crippen MR) is 110 cm³/mol. The van der Waals surface area contributed by atoms with Gasteiger partial charge in [-0.2, -0.15) is 0 Å². The van der Waals surface area contributed by atoms with Gasteiger partial charge in [-0.25, -0.2) is 0 Å². The van der Waals surface area contributed by atoms with Crippen molar-refractivity contribution in [1.82, 2.24) is 0 Å². The van der Waals surface area contributed by atoms with Gasteiger partial charge < -0.3 is 14.4 Å². The molecule has 29 heavy (non-hydrogen) atoms. The fraction of sp³-hybridized carbons (Fsp3) is 0.182. The molecule has 1 aliphatic rings. The largest absolute Gasteiger partial charge is 0.458 e. The number of rotatable bonds is 5. The highest BCUT2D eigenvalue weighted by atomic mass is 35.5. The number of amides is 1. The van der Waals surface area contributed by atoms with Gasteiger partial charge in [0.2, 0.25) is 5.78 Å². The molecule has 5 nitrogen and oxygen atoms in total. The van der Waals surface area contributed by atoms with Crippen LogP contribution < -0.4 is 4.90 Å². The van der Waals surface area contributed by atoms with E-state index in [1.165, 1.54) is 11.0 Å². The molecule has 0 aliphatic carbocycles. The number of hydrogen-bond acceptors (Lipinski definition) is 4. The van der Waals surface area contributed by atoms with Crippen molar-refractivity contribution in [2.75, 3.05) is 4.90 Å². The van der Waals surface area contributed by atoms with Crippen molar-refractivity contribution in [1.29, 1.82) is 0 Å². The van der Waals surface area contributed by atoms with Gasteiger partial charge in [0.1, 0.15) is 5.76 Å². The average Bonchev–Trinajstić information content (AvgIpc) is 3.21. The summed E-state index contributed by atoms with van der Waals surface area (Å²) in [5.74, 6) is -0.380. The zero-order chi connectivity index (χ0) is 20.8. The topological polar surface area (TPSA) is 70.8 Å². The van der Waals surface area contributed by atoms with Gasteiger partial charge in [0.05, 0.1) is 18.7 Å². The van der Waals surface area contributed by atoms with Gasteiger partial charge >= 0.3 is 0 Å². The Balaban J connectivity index is 1.71. The van der Waals surface area contributed by atoms with Crippen LogP contribution in [-0.4, -0.2) is 16.8 Å². The number of anilines is 1. The average molecular weight is 430 g/mol. The number of ketones is 1. The van der Waals surface area contributed by atoms with E-state index >= 15 is 0 Å². The van der Waals surface area contributed by atoms with Gasteiger partial charge in [0, 0.05) is 21.2 Å². The Morgan fingerprint density at radius 2 is 1.76 bits per heavy atom. The molecule has 1 aromatic heterocycles. The van der Waals surface area contributed by atoms with Crippen molar-refractivity contribution in [3.63, 3.8) is 0 Å². The highest BCUT2D eigenvalue weighted by Crippen LogP contribution is 2.44. The zero-order valence-corrected chi connectivity index (χ0v) is 17.0. The molecule has 1 amide bonds. The molecule has 0 saturated carbocycles. The summed E-state index contributed by atoms with van der Waals surface area (Å²) < 4.78 is 5.36. The minimum absolute atomic E-state index is 0.0741. The first-order valence-corrected chi connectivity index (χ1v) is 9.73. The highest BCUT2D eigenvalue weighted by molar-refractivity contribution is 6.36. The number of Topliss-reactive ketones (excluding diaryl/α,β-unsaturated/α-hetero) is 1. The number of aliphatic hydroxyl groups is 1. The van der Waals surface area contributed by atoms with Crippen LogP contribution in [0.15, 0.2) is 59.0 Å². The van der Waals surface area contributed by atoms with E-state index in [9.17, 15) is 14.7 Å². The predicted octanol–water partition coefficient (Wildman–Crippen LogP) is 4.90. The maximum absolute atomic E-state index is 13.3. The van der Waals surface area contributed by atoms with E-state index in [0.29, 0.717) is 32.6 Å². The van der Waals surface area contributed by atoms with Crippen LogP contribution in [0, 0.1) is 6.92 Å². The van der Waals surface area contributed by atoms with Gasteiger partial charge in [-0.05, 0) is 37.3 Å². The molecule has 7 heteroatoms. The normalized spacial score (nSPS) is 18.2. The van der Waals surface area contributed by atoms with Gasteiger partial charge in [-0.15, -0.1) is 0 Å². The van der Waals surface area contributed by atoms with Gasteiger partial charge in [-0.1, -0.05) is 47.5 Å². The highest BCUT2D eigenvalue weighted by Gasteiger charge is 2.51. The van der Waals surface area contributed by atoms with Crippen LogP contribution in [0.25, 0.3) is 0 Å². The Morgan fingerprint density at radius 1 is 1.07 bits per heavy atom. The maximum Gasteiger partial charge on any atom is 0.264 e. The first-order chi connectivity index (χ1) is 13.8. The molecule has 148 valence electrons. The third kappa shape index (κ3) is 3.35. The Kier molecular flexibility index (Phi) is 4.99. The number of aryl methyl sites for hydroxylation is 1. The van der Waals surface area contributed by atoms with E-state index < -0.39 is 23.7 Å². The van der Waals surface area contributed by atoms with Crippen LogP contribution in [0.4, 0.5) is 5.69 Å². The van der Waals surface area contributed by atoms with Crippen molar-refractivity contribution in [2.45, 2.75) is 25.5 Å². The molecule has 0 spiro atoms. The van der Waals surface area contributed by atoms with Gasteiger partial charge in [-0.3, -0.25) is 9.59 Å². The lowest BCUT2D eigenvalue weighted by molar-refractivity contribution is -0.136. The monoisotopic (exact) mass is 429 g/mol. The number of hydrogen-bond donors (Lipinski definition) is 1. The molecule has 3 aromatic rings. The summed E-state index contributed by atoms with van der Waals surface area (Å²) in [6.07, 6.45) is -0.428. The Morgan fingerprint density at radius 3 is 2.41 bits per heavy atom. The summed E-state index contributed by atoms with van der Waals surface area (Å²) >= 11 is 12.5. The van der Waals surface area contributed by atoms with Gasteiger partial charge in [0.15, 0.2) is 11.4 Å². The number of halogens is 2. The smallest absolute Gasteiger partial charge is 0.264 e. The van der Waals surface area contributed by atoms with E-state index in [0.717, 1.165) is 0 Å². The molecule has 0 saturated heterocycles. The second kappa shape index (κ2) is 7.34. The summed E-state index contributed by atoms with van der Waals surface area (Å²) in [4.78, 5) is 27.4. The van der Waals surface area contributed by atoms with E-state index in [2.05, 4.69) is 0 Å². The zero-order valence-electron chi connectivity index (χ0n) is 15.5. The molecule has 0 bridgehead atoms. The Labute approximate surface area is 177 Å². The van der Waals surface area contributed by atoms with Crippen LogP contribution >= 0.6 is 23.2 Å². The lowest BCUT2D eigenvalue weighted by Gasteiger charge is -2.23. The van der Waals surface area contributed by atoms with Gasteiger partial charge in [0.25, 0.3) is 5.91 Å². The molecule has 4 rings (SSSR count). The molecule has 0 radical (unpaired) electrons. The lowest BCUT2D eigenvalue weighted by Crippen LogP contribution is -2.41. The molecule has 1 aliphatic heterocycles. The standard InChI is InChI=1S/C22H17Cl2NO4/c1-13-9-10-20(29-13)19(26)11-22(28)15-5-2-3-8-18(15)25(21(22)27)12-14-16(23)6-4-7-17(14)24/h2-10,28H,11-12H2,1H3/t22-/m1/s1. The quantitative estimate of drug-likeness (QED) is 0.585. The maximum atomic E-state index is 13.3. The summed E-state index contributed by atoms with van der Waals surface area (Å²) in [6.45, 7) is 1.79. The minimum atomic E-state index is -2.00. The summed E-state index contributed by atoms with van der Waals surface area (Å²) in [7, 11) is 0. The van der Waals surface area contributed by atoms with Crippen LogP contribution in [0.5, 0.6) is 0 Å². The van der Waals surface area contributed by atoms with E-state index in [-0.39, 0.29) is 12.3 Å². The SMILES string of the molecule is Cc1ccc(C(=O)C[C@]2(O)C(=O)N(Cc3c(Cl)cccc3Cl)c3ccccc32)o1. The van der Waals surface area contributed by atoms with E-state index in [1.807, 2.05) is 0 Å². The lowest BCUT2D eigenvalue weighted by atomic mass is 9.89. The number of para-hydroxylation sites is 1. The van der Waals surface area contributed by atoms with Crippen LogP contribution in [0.1, 0.15) is 33.9 Å². The van der Waals surface area contributed by atoms with E-state index in [1.54, 1.807) is 55.5 Å². The fourth-order valence-electron chi connectivity index (χ4n) is 3.58. The summed E-state index contributed by atoms with van der Waals surface area (Å²) in [5, 5.41) is 12.2. The first kappa shape index (κ1) is 19.7.